The van der Waals surface area contributed by atoms with Gasteiger partial charge in [0.15, 0.2) is 0 Å². The molecule has 0 unspecified atom stereocenters. The van der Waals surface area contributed by atoms with Crippen LogP contribution >= 0.6 is 11.6 Å². The number of para-hydroxylation sites is 2. The second-order valence-corrected chi connectivity index (χ2v) is 5.40. The number of nitrogens with zero attached hydrogens (tertiary/aromatic N) is 1. The minimum absolute atomic E-state index is 0.286. The summed E-state index contributed by atoms with van der Waals surface area (Å²) in [6.45, 7) is 0. The van der Waals surface area contributed by atoms with Crippen LogP contribution in [0.3, 0.4) is 0 Å². The highest BCUT2D eigenvalue weighted by molar-refractivity contribution is 6.30. The molecule has 0 spiro atoms. The predicted molar refractivity (Wildman–Crippen MR) is 85.7 cm³/mol. The molecule has 3 heteroatoms. The molecule has 0 saturated heterocycles. The number of hydrogen-bond acceptors (Lipinski definition) is 0. The van der Waals surface area contributed by atoms with Crippen molar-refractivity contribution < 1.29 is 4.39 Å². The summed E-state index contributed by atoms with van der Waals surface area (Å²) in [6, 6.07) is 20.6. The highest BCUT2D eigenvalue weighted by Crippen LogP contribution is 2.33. The van der Waals surface area contributed by atoms with Gasteiger partial charge in [-0.2, -0.15) is 0 Å². The van der Waals surface area contributed by atoms with Crippen molar-refractivity contribution in [3.63, 3.8) is 0 Å². The second kappa shape index (κ2) is 4.61. The van der Waals surface area contributed by atoms with Crippen molar-refractivity contribution in [2.45, 2.75) is 0 Å². The molecule has 0 N–H and O–H groups in total. The zero-order valence-electron chi connectivity index (χ0n) is 11.1. The molecule has 4 aromatic rings. The van der Waals surface area contributed by atoms with Crippen LogP contribution in [-0.4, -0.2) is 4.57 Å². The van der Waals surface area contributed by atoms with Crippen molar-refractivity contribution in [2.75, 3.05) is 0 Å². The van der Waals surface area contributed by atoms with E-state index >= 15 is 0 Å². The first-order valence-corrected chi connectivity index (χ1v) is 7.07. The van der Waals surface area contributed by atoms with Gasteiger partial charge in [0.05, 0.1) is 16.7 Å². The molecule has 0 radical (unpaired) electrons. The number of hydrogen-bond donors (Lipinski definition) is 0. The molecule has 0 aliphatic rings. The van der Waals surface area contributed by atoms with E-state index in [1.165, 1.54) is 6.07 Å². The first-order chi connectivity index (χ1) is 10.3. The van der Waals surface area contributed by atoms with E-state index in [0.29, 0.717) is 10.7 Å². The fraction of sp³-hybridized carbons (Fsp3) is 0. The Labute approximate surface area is 126 Å². The molecule has 21 heavy (non-hydrogen) atoms. The van der Waals surface area contributed by atoms with Crippen LogP contribution in [0.25, 0.3) is 27.5 Å². The van der Waals surface area contributed by atoms with Gasteiger partial charge in [-0.15, -0.1) is 0 Å². The lowest BCUT2D eigenvalue weighted by Crippen LogP contribution is -1.97. The number of halogens is 2. The molecular weight excluding hydrogens is 285 g/mol. The Bertz CT molecular complexity index is 918. The number of fused-ring (bicyclic) bond motifs is 3. The quantitative estimate of drug-likeness (QED) is 0.432. The minimum atomic E-state index is -0.286. The smallest absolute Gasteiger partial charge is 0.147 e. The molecule has 4 rings (SSSR count). The molecule has 0 saturated carbocycles. The van der Waals surface area contributed by atoms with Crippen LogP contribution in [0.1, 0.15) is 0 Å². The summed E-state index contributed by atoms with van der Waals surface area (Å²) < 4.78 is 16.2. The highest BCUT2D eigenvalue weighted by Gasteiger charge is 2.14. The molecule has 0 bridgehead atoms. The molecule has 1 aromatic heterocycles. The molecule has 0 amide bonds. The zero-order valence-corrected chi connectivity index (χ0v) is 11.8. The number of rotatable bonds is 1. The Morgan fingerprint density at radius 1 is 0.762 bits per heavy atom. The van der Waals surface area contributed by atoms with Gasteiger partial charge in [0.25, 0.3) is 0 Å². The van der Waals surface area contributed by atoms with E-state index in [2.05, 4.69) is 12.1 Å². The van der Waals surface area contributed by atoms with Crippen molar-refractivity contribution >= 4 is 33.4 Å². The molecule has 1 nitrogen and oxygen atoms in total. The van der Waals surface area contributed by atoms with E-state index in [-0.39, 0.29) is 5.82 Å². The van der Waals surface area contributed by atoms with Gasteiger partial charge in [-0.3, -0.25) is 0 Å². The van der Waals surface area contributed by atoms with E-state index in [1.54, 1.807) is 12.1 Å². The maximum absolute atomic E-state index is 14.3. The predicted octanol–water partition coefficient (Wildman–Crippen LogP) is 5.58. The van der Waals surface area contributed by atoms with Crippen LogP contribution in [0, 0.1) is 5.82 Å². The van der Waals surface area contributed by atoms with Crippen LogP contribution in [0.5, 0.6) is 0 Å². The lowest BCUT2D eigenvalue weighted by Gasteiger charge is -2.09. The molecule has 0 atom stereocenters. The molecule has 1 heterocycles. The third-order valence-electron chi connectivity index (χ3n) is 3.73. The summed E-state index contributed by atoms with van der Waals surface area (Å²) in [5.41, 5.74) is 2.42. The van der Waals surface area contributed by atoms with Crippen LogP contribution in [0.15, 0.2) is 66.7 Å². The molecule has 0 aliphatic heterocycles. The van der Waals surface area contributed by atoms with Gasteiger partial charge in [-0.05, 0) is 30.3 Å². The van der Waals surface area contributed by atoms with Crippen LogP contribution in [0.2, 0.25) is 5.02 Å². The van der Waals surface area contributed by atoms with Gasteiger partial charge in [0.2, 0.25) is 0 Å². The van der Waals surface area contributed by atoms with E-state index < -0.39 is 0 Å². The van der Waals surface area contributed by atoms with Crippen LogP contribution in [-0.2, 0) is 0 Å². The minimum Gasteiger partial charge on any atom is -0.306 e. The van der Waals surface area contributed by atoms with Gasteiger partial charge in [-0.25, -0.2) is 4.39 Å². The standard InChI is InChI=1S/C18H11ClFN/c19-12-9-10-15(20)18(11-12)21-16-7-3-1-5-13(16)14-6-2-4-8-17(14)21/h1-11H. The Kier molecular flexibility index (Phi) is 2.72. The maximum Gasteiger partial charge on any atom is 0.147 e. The average molecular weight is 296 g/mol. The summed E-state index contributed by atoms with van der Waals surface area (Å²) in [6.07, 6.45) is 0. The van der Waals surface area contributed by atoms with E-state index in [0.717, 1.165) is 21.8 Å². The Balaban J connectivity index is 2.23. The topological polar surface area (TPSA) is 4.93 Å². The van der Waals surface area contributed by atoms with Crippen LogP contribution in [0.4, 0.5) is 4.39 Å². The van der Waals surface area contributed by atoms with Crippen molar-refractivity contribution in [1.29, 1.82) is 0 Å². The second-order valence-electron chi connectivity index (χ2n) is 4.97. The molecule has 102 valence electrons. The summed E-state index contributed by atoms with van der Waals surface area (Å²) in [5.74, 6) is -0.286. The zero-order chi connectivity index (χ0) is 14.4. The van der Waals surface area contributed by atoms with E-state index in [4.69, 9.17) is 11.6 Å². The van der Waals surface area contributed by atoms with Gasteiger partial charge in [0.1, 0.15) is 5.82 Å². The Hall–Kier alpha value is -2.32. The molecule has 0 fully saturated rings. The van der Waals surface area contributed by atoms with Crippen LogP contribution < -0.4 is 0 Å². The molecule has 0 aliphatic carbocycles. The van der Waals surface area contributed by atoms with E-state index in [9.17, 15) is 4.39 Å². The summed E-state index contributed by atoms with van der Waals surface area (Å²) in [5, 5.41) is 2.73. The maximum atomic E-state index is 14.3. The highest BCUT2D eigenvalue weighted by atomic mass is 35.5. The van der Waals surface area contributed by atoms with E-state index in [1.807, 2.05) is 41.0 Å². The third kappa shape index (κ3) is 1.83. The fourth-order valence-corrected chi connectivity index (χ4v) is 3.01. The van der Waals surface area contributed by atoms with Crippen molar-refractivity contribution in [3.05, 3.63) is 77.6 Å². The van der Waals surface area contributed by atoms with Crippen molar-refractivity contribution in [3.8, 4) is 5.69 Å². The number of aromatic nitrogens is 1. The first-order valence-electron chi connectivity index (χ1n) is 6.69. The third-order valence-corrected chi connectivity index (χ3v) is 3.96. The lowest BCUT2D eigenvalue weighted by atomic mass is 10.2. The summed E-state index contributed by atoms with van der Waals surface area (Å²) in [4.78, 5) is 0. The van der Waals surface area contributed by atoms with Gasteiger partial charge in [-0.1, -0.05) is 48.0 Å². The summed E-state index contributed by atoms with van der Waals surface area (Å²) in [7, 11) is 0. The normalized spacial score (nSPS) is 11.3. The molecule has 3 aromatic carbocycles. The first kappa shape index (κ1) is 12.4. The van der Waals surface area contributed by atoms with Gasteiger partial charge >= 0.3 is 0 Å². The number of benzene rings is 3. The van der Waals surface area contributed by atoms with Crippen molar-refractivity contribution in [2.24, 2.45) is 0 Å². The largest absolute Gasteiger partial charge is 0.306 e. The molecular formula is C18H11ClFN. The Morgan fingerprint density at radius 3 is 1.95 bits per heavy atom. The van der Waals surface area contributed by atoms with Gasteiger partial charge in [0, 0.05) is 15.8 Å². The SMILES string of the molecule is Fc1ccc(Cl)cc1-n1c2ccccc2c2ccccc21. The fourth-order valence-electron chi connectivity index (χ4n) is 2.84. The van der Waals surface area contributed by atoms with Crippen molar-refractivity contribution in [1.82, 2.24) is 4.57 Å². The Morgan fingerprint density at radius 2 is 1.33 bits per heavy atom. The lowest BCUT2D eigenvalue weighted by molar-refractivity contribution is 0.621. The average Bonchev–Trinajstić information content (AvgIpc) is 2.84. The van der Waals surface area contributed by atoms with Gasteiger partial charge < -0.3 is 4.57 Å². The summed E-state index contributed by atoms with van der Waals surface area (Å²) >= 11 is 6.06. The monoisotopic (exact) mass is 295 g/mol.